The molecule has 6 nitrogen and oxygen atoms in total. The molecule has 3 amide bonds. The number of hydrogen-bond donors (Lipinski definition) is 2. The minimum Gasteiger partial charge on any atom is -0.492 e. The largest absolute Gasteiger partial charge is 0.492 e. The average molecular weight is 331 g/mol. The summed E-state index contributed by atoms with van der Waals surface area (Å²) in [6.45, 7) is 2.06. The van der Waals surface area contributed by atoms with Crippen LogP contribution in [0.3, 0.4) is 0 Å². The SMILES string of the molecule is NC(=O)C1CCN(C(=O)NCCOc2ccc3c(c2)CCC3)CC1. The molecule has 1 fully saturated rings. The van der Waals surface area contributed by atoms with E-state index in [2.05, 4.69) is 17.4 Å². The molecule has 1 aliphatic heterocycles. The third kappa shape index (κ3) is 3.99. The molecule has 6 heteroatoms. The van der Waals surface area contributed by atoms with Gasteiger partial charge in [0.05, 0.1) is 6.54 Å². The molecule has 24 heavy (non-hydrogen) atoms. The fourth-order valence-corrected chi connectivity index (χ4v) is 3.44. The van der Waals surface area contributed by atoms with E-state index >= 15 is 0 Å². The molecule has 0 radical (unpaired) electrons. The van der Waals surface area contributed by atoms with E-state index < -0.39 is 0 Å². The number of nitrogens with zero attached hydrogens (tertiary/aromatic N) is 1. The fraction of sp³-hybridized carbons (Fsp3) is 0.556. The standard InChI is InChI=1S/C18H25N3O3/c19-17(22)14-6-9-21(10-7-14)18(23)20-8-11-24-16-5-4-13-2-1-3-15(13)12-16/h4-5,12,14H,1-3,6-11H2,(H2,19,22)(H,20,23). The lowest BCUT2D eigenvalue weighted by molar-refractivity contribution is -0.123. The van der Waals surface area contributed by atoms with Crippen molar-refractivity contribution >= 4 is 11.9 Å². The van der Waals surface area contributed by atoms with Gasteiger partial charge in [-0.25, -0.2) is 4.79 Å². The van der Waals surface area contributed by atoms with Gasteiger partial charge in [0.15, 0.2) is 0 Å². The number of urea groups is 1. The molecule has 0 saturated carbocycles. The summed E-state index contributed by atoms with van der Waals surface area (Å²) in [5.74, 6) is 0.502. The van der Waals surface area contributed by atoms with E-state index in [1.807, 2.05) is 6.07 Å². The number of nitrogens with two attached hydrogens (primary N) is 1. The van der Waals surface area contributed by atoms with Crippen LogP contribution in [-0.4, -0.2) is 43.1 Å². The average Bonchev–Trinajstić information content (AvgIpc) is 3.06. The molecule has 2 aliphatic rings. The number of likely N-dealkylation sites (tertiary alicyclic amines) is 1. The highest BCUT2D eigenvalue weighted by atomic mass is 16.5. The second-order valence-corrected chi connectivity index (χ2v) is 6.53. The number of fused-ring (bicyclic) bond motifs is 1. The van der Waals surface area contributed by atoms with Crippen LogP contribution in [0.15, 0.2) is 18.2 Å². The zero-order chi connectivity index (χ0) is 16.9. The highest BCUT2D eigenvalue weighted by Crippen LogP contribution is 2.25. The summed E-state index contributed by atoms with van der Waals surface area (Å²) in [5, 5.41) is 2.86. The number of ether oxygens (including phenoxy) is 1. The maximum absolute atomic E-state index is 12.1. The van der Waals surface area contributed by atoms with E-state index in [0.29, 0.717) is 39.1 Å². The second-order valence-electron chi connectivity index (χ2n) is 6.53. The number of amides is 3. The topological polar surface area (TPSA) is 84.7 Å². The van der Waals surface area contributed by atoms with Gasteiger partial charge in [-0.15, -0.1) is 0 Å². The Kier molecular flexibility index (Phi) is 5.23. The number of carbonyl (C=O) groups is 2. The maximum atomic E-state index is 12.1. The van der Waals surface area contributed by atoms with Gasteiger partial charge >= 0.3 is 6.03 Å². The van der Waals surface area contributed by atoms with Gasteiger partial charge in [-0.1, -0.05) is 6.07 Å². The summed E-state index contributed by atoms with van der Waals surface area (Å²) >= 11 is 0. The molecule has 3 rings (SSSR count). The molecule has 1 aromatic carbocycles. The third-order valence-electron chi connectivity index (χ3n) is 4.90. The lowest BCUT2D eigenvalue weighted by atomic mass is 9.96. The van der Waals surface area contributed by atoms with Gasteiger partial charge < -0.3 is 20.7 Å². The number of benzene rings is 1. The number of primary amides is 1. The van der Waals surface area contributed by atoms with E-state index in [4.69, 9.17) is 10.5 Å². The van der Waals surface area contributed by atoms with Crippen LogP contribution in [0.4, 0.5) is 4.79 Å². The number of nitrogens with one attached hydrogen (secondary N) is 1. The van der Waals surface area contributed by atoms with Crippen molar-refractivity contribution in [3.05, 3.63) is 29.3 Å². The van der Waals surface area contributed by atoms with E-state index in [-0.39, 0.29) is 17.9 Å². The van der Waals surface area contributed by atoms with Crippen molar-refractivity contribution in [1.29, 1.82) is 0 Å². The Morgan fingerprint density at radius 1 is 1.21 bits per heavy atom. The van der Waals surface area contributed by atoms with Crippen LogP contribution in [0.2, 0.25) is 0 Å². The molecular formula is C18H25N3O3. The van der Waals surface area contributed by atoms with Crippen molar-refractivity contribution in [3.8, 4) is 5.75 Å². The summed E-state index contributed by atoms with van der Waals surface area (Å²) in [6.07, 6.45) is 4.81. The second kappa shape index (κ2) is 7.55. The molecular weight excluding hydrogens is 306 g/mol. The van der Waals surface area contributed by atoms with E-state index in [0.717, 1.165) is 18.6 Å². The van der Waals surface area contributed by atoms with Crippen molar-refractivity contribution in [1.82, 2.24) is 10.2 Å². The Bertz CT molecular complexity index is 610. The molecule has 130 valence electrons. The monoisotopic (exact) mass is 331 g/mol. The molecule has 0 spiro atoms. The van der Waals surface area contributed by atoms with Gasteiger partial charge in [0, 0.05) is 19.0 Å². The Hall–Kier alpha value is -2.24. The number of carbonyl (C=O) groups excluding carboxylic acids is 2. The van der Waals surface area contributed by atoms with Crippen molar-refractivity contribution in [2.75, 3.05) is 26.2 Å². The van der Waals surface area contributed by atoms with Crippen LogP contribution in [0, 0.1) is 5.92 Å². The van der Waals surface area contributed by atoms with Gasteiger partial charge in [0.1, 0.15) is 12.4 Å². The Labute approximate surface area is 142 Å². The molecule has 1 heterocycles. The maximum Gasteiger partial charge on any atom is 0.317 e. The predicted molar refractivity (Wildman–Crippen MR) is 90.9 cm³/mol. The van der Waals surface area contributed by atoms with Crippen LogP contribution in [0.5, 0.6) is 5.75 Å². The summed E-state index contributed by atoms with van der Waals surface area (Å²) in [7, 11) is 0. The summed E-state index contributed by atoms with van der Waals surface area (Å²) in [6, 6.07) is 6.15. The first-order valence-corrected chi connectivity index (χ1v) is 8.70. The molecule has 1 aliphatic carbocycles. The van der Waals surface area contributed by atoms with Gasteiger partial charge in [-0.3, -0.25) is 4.79 Å². The molecule has 0 aromatic heterocycles. The van der Waals surface area contributed by atoms with Gasteiger partial charge in [0.2, 0.25) is 5.91 Å². The zero-order valence-electron chi connectivity index (χ0n) is 13.9. The van der Waals surface area contributed by atoms with E-state index in [9.17, 15) is 9.59 Å². The van der Waals surface area contributed by atoms with Gasteiger partial charge in [-0.2, -0.15) is 0 Å². The van der Waals surface area contributed by atoms with Gasteiger partial charge in [0.25, 0.3) is 0 Å². The Morgan fingerprint density at radius 2 is 1.96 bits per heavy atom. The van der Waals surface area contributed by atoms with E-state index in [1.54, 1.807) is 4.90 Å². The minimum atomic E-state index is -0.266. The van der Waals surface area contributed by atoms with Crippen LogP contribution in [-0.2, 0) is 17.6 Å². The third-order valence-corrected chi connectivity index (χ3v) is 4.90. The van der Waals surface area contributed by atoms with Crippen LogP contribution in [0.1, 0.15) is 30.4 Å². The number of aryl methyl sites for hydroxylation is 2. The quantitative estimate of drug-likeness (QED) is 0.801. The predicted octanol–water partition coefficient (Wildman–Crippen LogP) is 1.46. The summed E-state index contributed by atoms with van der Waals surface area (Å²) < 4.78 is 5.72. The number of piperidine rings is 1. The highest BCUT2D eigenvalue weighted by Gasteiger charge is 2.25. The zero-order valence-corrected chi connectivity index (χ0v) is 13.9. The van der Waals surface area contributed by atoms with E-state index in [1.165, 1.54) is 17.5 Å². The molecule has 0 unspecified atom stereocenters. The first kappa shape index (κ1) is 16.6. The van der Waals surface area contributed by atoms with Gasteiger partial charge in [-0.05, 0) is 55.4 Å². The highest BCUT2D eigenvalue weighted by molar-refractivity contribution is 5.78. The van der Waals surface area contributed by atoms with Crippen LogP contribution in [0.25, 0.3) is 0 Å². The fourth-order valence-electron chi connectivity index (χ4n) is 3.44. The van der Waals surface area contributed by atoms with Crippen molar-refractivity contribution in [2.24, 2.45) is 11.7 Å². The number of rotatable bonds is 5. The first-order valence-electron chi connectivity index (χ1n) is 8.70. The minimum absolute atomic E-state index is 0.0998. The first-order chi connectivity index (χ1) is 11.6. The summed E-state index contributed by atoms with van der Waals surface area (Å²) in [5.41, 5.74) is 8.11. The van der Waals surface area contributed by atoms with Crippen LogP contribution < -0.4 is 15.8 Å². The number of hydrogen-bond acceptors (Lipinski definition) is 3. The Balaban J connectivity index is 1.36. The lowest BCUT2D eigenvalue weighted by Gasteiger charge is -2.30. The van der Waals surface area contributed by atoms with Crippen LogP contribution >= 0.6 is 0 Å². The van der Waals surface area contributed by atoms with Crippen molar-refractivity contribution < 1.29 is 14.3 Å². The molecule has 1 aromatic rings. The molecule has 1 saturated heterocycles. The summed E-state index contributed by atoms with van der Waals surface area (Å²) in [4.78, 5) is 24.9. The van der Waals surface area contributed by atoms with Crippen molar-refractivity contribution in [2.45, 2.75) is 32.1 Å². The molecule has 0 atom stereocenters. The lowest BCUT2D eigenvalue weighted by Crippen LogP contribution is -2.47. The molecule has 0 bridgehead atoms. The Morgan fingerprint density at radius 3 is 2.71 bits per heavy atom. The molecule has 3 N–H and O–H groups in total. The van der Waals surface area contributed by atoms with Crippen molar-refractivity contribution in [3.63, 3.8) is 0 Å². The normalized spacial score (nSPS) is 17.4. The smallest absolute Gasteiger partial charge is 0.317 e.